The maximum Gasteiger partial charge on any atom is 0.247 e. The van der Waals surface area contributed by atoms with Gasteiger partial charge in [-0.1, -0.05) is 68.8 Å². The summed E-state index contributed by atoms with van der Waals surface area (Å²) >= 11 is 10.2. The van der Waals surface area contributed by atoms with Gasteiger partial charge in [0.2, 0.25) is 47.3 Å². The van der Waals surface area contributed by atoms with Crippen molar-refractivity contribution in [3.8, 4) is 15.4 Å². The summed E-state index contributed by atoms with van der Waals surface area (Å²) in [7, 11) is 0. The number of hydrogen-bond donors (Lipinski definition) is 8. The Balaban J connectivity index is 1.08. The van der Waals surface area contributed by atoms with E-state index in [0.29, 0.717) is 27.9 Å². The van der Waals surface area contributed by atoms with Crippen LogP contribution in [-0.2, 0) is 38.4 Å². The number of aryl methyl sites for hydroxylation is 3. The molecule has 5 aromatic rings. The van der Waals surface area contributed by atoms with Crippen LogP contribution in [0.2, 0.25) is 5.02 Å². The molecule has 0 saturated carbocycles. The quantitative estimate of drug-likeness (QED) is 0.111. The van der Waals surface area contributed by atoms with E-state index in [4.69, 9.17) is 22.3 Å². The van der Waals surface area contributed by atoms with Crippen molar-refractivity contribution in [1.29, 1.82) is 0 Å². The second kappa shape index (κ2) is 23.9. The fourth-order valence-electron chi connectivity index (χ4n) is 9.32. The Bertz CT molecular complexity index is 3190. The number of halogens is 1. The van der Waals surface area contributed by atoms with Gasteiger partial charge in [-0.15, -0.1) is 44.6 Å². The zero-order valence-electron chi connectivity index (χ0n) is 43.8. The van der Waals surface area contributed by atoms with Crippen LogP contribution in [0.25, 0.3) is 15.4 Å². The molecule has 3 aliphatic rings. The zero-order valence-corrected chi connectivity index (χ0v) is 47.0. The molecule has 3 aromatic heterocycles. The van der Waals surface area contributed by atoms with Crippen LogP contribution >= 0.6 is 46.0 Å². The molecule has 78 heavy (non-hydrogen) atoms. The minimum absolute atomic E-state index is 0.180. The molecular formula is C52H60ClN13O9S3. The van der Waals surface area contributed by atoms with Crippen molar-refractivity contribution >= 4 is 99.0 Å². The van der Waals surface area contributed by atoms with Gasteiger partial charge in [-0.05, 0) is 61.9 Å². The van der Waals surface area contributed by atoms with E-state index in [-0.39, 0.29) is 30.9 Å². The molecule has 2 saturated heterocycles. The van der Waals surface area contributed by atoms with Crippen LogP contribution in [0.3, 0.4) is 0 Å². The number of aromatic nitrogens is 4. The summed E-state index contributed by atoms with van der Waals surface area (Å²) in [6.45, 7) is 11.3. The van der Waals surface area contributed by atoms with Crippen LogP contribution in [0.5, 0.6) is 0 Å². The van der Waals surface area contributed by atoms with Crippen molar-refractivity contribution in [2.45, 2.75) is 104 Å². The standard InChI is InChI=1S/C52H60ClN13O9S3/c1-24-26(3)78-51-40(24)41(28-12-14-31(53)15-13-28)59-33(46-64-63-27(4)66(46)51)17-37(68)55-18-34-47(72)60-35(45(54)71)21-76-22-39(70)61-44(52(5,6)7)50(75)65-20-32(67)16-36(65)48(73)62-42(49(74)56-19-38(69)58-34)29-8-10-30(11-9-29)43-25(2)57-23-77-43/h8-15,23,32-36,42,44,67H,16-22H2,1-7H3,(H2,54,71)(H,55,68)(H,56,74)(H,58,69)(H,60,72)(H,61,70)(H,62,73)/t32-,33+,34-,35+,36+,42-,44-/m1/s1. The van der Waals surface area contributed by atoms with Crippen molar-refractivity contribution in [2.24, 2.45) is 16.1 Å². The second-order valence-electron chi connectivity index (χ2n) is 20.3. The van der Waals surface area contributed by atoms with Gasteiger partial charge in [-0.3, -0.25) is 47.9 Å². The monoisotopic (exact) mass is 1140 g/mol. The number of aliphatic hydroxyl groups excluding tert-OH is 1. The predicted molar refractivity (Wildman–Crippen MR) is 295 cm³/mol. The second-order valence-corrected chi connectivity index (χ2v) is 23.8. The third kappa shape index (κ3) is 12.8. The zero-order chi connectivity index (χ0) is 56.3. The number of thiophene rings is 1. The number of nitrogens with one attached hydrogen (secondary N) is 6. The first kappa shape index (κ1) is 57.1. The fraction of sp³-hybridized carbons (Fsp3) is 0.423. The number of nitrogens with two attached hydrogens (primary N) is 1. The first-order valence-electron chi connectivity index (χ1n) is 24.9. The summed E-state index contributed by atoms with van der Waals surface area (Å²) in [6.07, 6.45) is -1.59. The van der Waals surface area contributed by atoms with Crippen LogP contribution in [0.15, 0.2) is 59.0 Å². The molecule has 9 N–H and O–H groups in total. The number of aliphatic hydroxyl groups is 1. The lowest BCUT2D eigenvalue weighted by Gasteiger charge is -2.35. The summed E-state index contributed by atoms with van der Waals surface area (Å²) in [5.41, 5.74) is 11.6. The molecule has 8 amide bonds. The summed E-state index contributed by atoms with van der Waals surface area (Å²) in [6, 6.07) is 6.10. The van der Waals surface area contributed by atoms with E-state index in [1.165, 1.54) is 27.6 Å². The predicted octanol–water partition coefficient (Wildman–Crippen LogP) is 2.41. The molecule has 8 rings (SSSR count). The van der Waals surface area contributed by atoms with Gasteiger partial charge in [0, 0.05) is 46.3 Å². The molecule has 3 aliphatic heterocycles. The van der Waals surface area contributed by atoms with Crippen molar-refractivity contribution in [1.82, 2.24) is 56.5 Å². The molecule has 0 aliphatic carbocycles. The molecule has 0 unspecified atom stereocenters. The highest BCUT2D eigenvalue weighted by atomic mass is 35.5. The highest BCUT2D eigenvalue weighted by Gasteiger charge is 2.45. The number of fused-ring (bicyclic) bond motifs is 4. The highest BCUT2D eigenvalue weighted by molar-refractivity contribution is 8.00. The van der Waals surface area contributed by atoms with Gasteiger partial charge in [0.15, 0.2) is 5.82 Å². The Kier molecular flexibility index (Phi) is 17.5. The van der Waals surface area contributed by atoms with Crippen LogP contribution in [0, 0.1) is 33.1 Å². The number of hydrogen-bond acceptors (Lipinski definition) is 16. The van der Waals surface area contributed by atoms with E-state index < -0.39 is 108 Å². The smallest absolute Gasteiger partial charge is 0.247 e. The van der Waals surface area contributed by atoms with Crippen LogP contribution in [0.1, 0.15) is 90.2 Å². The lowest BCUT2D eigenvalue weighted by atomic mass is 9.85. The van der Waals surface area contributed by atoms with Gasteiger partial charge in [-0.2, -0.15) is 0 Å². The molecule has 7 atom stereocenters. The summed E-state index contributed by atoms with van der Waals surface area (Å²) in [5.74, 6) is -5.92. The maximum atomic E-state index is 14.4. The number of amides is 8. The van der Waals surface area contributed by atoms with Crippen LogP contribution in [0.4, 0.5) is 0 Å². The van der Waals surface area contributed by atoms with Crippen molar-refractivity contribution in [3.05, 3.63) is 104 Å². The van der Waals surface area contributed by atoms with Gasteiger partial charge in [0.25, 0.3) is 0 Å². The van der Waals surface area contributed by atoms with Crippen molar-refractivity contribution < 1.29 is 43.5 Å². The molecule has 2 fully saturated rings. The van der Waals surface area contributed by atoms with Crippen molar-refractivity contribution in [3.63, 3.8) is 0 Å². The molecule has 0 radical (unpaired) electrons. The fourth-order valence-corrected chi connectivity index (χ4v) is 12.3. The van der Waals surface area contributed by atoms with E-state index >= 15 is 0 Å². The van der Waals surface area contributed by atoms with Crippen molar-refractivity contribution in [2.75, 3.05) is 31.1 Å². The SMILES string of the molecule is Cc1ncsc1-c1ccc([C@H]2NC(=O)[C@@H]3C[C@@H](O)CN3C(=O)[C@H](C(C)(C)C)NC(=O)CSC[C@@H](C(N)=O)NC(=O)[C@@H](CNC(=O)C[C@@H]3N=C(c4ccc(Cl)cc4)c4c(sc(C)c4C)-n4c(C)nnc43)NC(=O)CNC2=O)cc1. The number of primary amides is 1. The third-order valence-electron chi connectivity index (χ3n) is 13.6. The molecule has 22 nitrogen and oxygen atoms in total. The van der Waals surface area contributed by atoms with Gasteiger partial charge < -0.3 is 47.6 Å². The average Bonchev–Trinajstić information content (AvgIpc) is 4.24. The Hall–Kier alpha value is -7.06. The van der Waals surface area contributed by atoms with Gasteiger partial charge in [0.1, 0.15) is 47.1 Å². The van der Waals surface area contributed by atoms with Gasteiger partial charge in [0.05, 0.1) is 46.6 Å². The Morgan fingerprint density at radius 1 is 0.885 bits per heavy atom. The molecule has 2 aromatic carbocycles. The number of thioether (sulfide) groups is 1. The minimum atomic E-state index is -1.58. The van der Waals surface area contributed by atoms with Gasteiger partial charge in [-0.25, -0.2) is 4.98 Å². The lowest BCUT2D eigenvalue weighted by Crippen LogP contribution is -2.58. The van der Waals surface area contributed by atoms with Crippen LogP contribution < -0.4 is 37.6 Å². The van der Waals surface area contributed by atoms with E-state index in [1.807, 2.05) is 37.5 Å². The molecular weight excluding hydrogens is 1080 g/mol. The van der Waals surface area contributed by atoms with E-state index in [1.54, 1.807) is 69.6 Å². The summed E-state index contributed by atoms with van der Waals surface area (Å²) in [4.78, 5) is 124. The minimum Gasteiger partial charge on any atom is -0.391 e. The first-order valence-corrected chi connectivity index (χ1v) is 28.2. The van der Waals surface area contributed by atoms with E-state index in [2.05, 4.69) is 47.1 Å². The number of aliphatic imine (C=N–C) groups is 1. The van der Waals surface area contributed by atoms with Gasteiger partial charge >= 0.3 is 0 Å². The van der Waals surface area contributed by atoms with E-state index in [0.717, 1.165) is 54.5 Å². The third-order valence-corrected chi connectivity index (χ3v) is 17.0. The number of carbonyl (C=O) groups is 8. The maximum absolute atomic E-state index is 14.4. The number of thiazole rings is 1. The Labute approximate surface area is 466 Å². The Morgan fingerprint density at radius 2 is 1.59 bits per heavy atom. The van der Waals surface area contributed by atoms with E-state index in [9.17, 15) is 43.5 Å². The summed E-state index contributed by atoms with van der Waals surface area (Å²) in [5, 5.41) is 36.9. The van der Waals surface area contributed by atoms with Crippen LogP contribution in [-0.4, -0.2) is 144 Å². The molecule has 412 valence electrons. The lowest BCUT2D eigenvalue weighted by molar-refractivity contribution is -0.144. The largest absolute Gasteiger partial charge is 0.391 e. The molecule has 26 heteroatoms. The highest BCUT2D eigenvalue weighted by Crippen LogP contribution is 2.40. The molecule has 0 bridgehead atoms. The summed E-state index contributed by atoms with van der Waals surface area (Å²) < 4.78 is 1.87. The number of nitrogens with zero attached hydrogens (tertiary/aromatic N) is 6. The Morgan fingerprint density at radius 3 is 2.26 bits per heavy atom. The normalized spacial score (nSPS) is 23.0. The average molecular weight is 1140 g/mol. The topological polar surface area (TPSA) is 314 Å². The molecule has 6 heterocycles. The first-order chi connectivity index (χ1) is 37.0. The number of benzene rings is 2. The number of rotatable bonds is 8. The molecule has 0 spiro atoms. The number of carbonyl (C=O) groups excluding carboxylic acids is 8.